The molecule has 0 spiro atoms. The minimum absolute atomic E-state index is 1.30. The van der Waals surface area contributed by atoms with E-state index < -0.39 is 16.1 Å². The predicted molar refractivity (Wildman–Crippen MR) is 169 cm³/mol. The summed E-state index contributed by atoms with van der Waals surface area (Å²) in [6, 6.07) is 9.16. The maximum atomic E-state index is 2.86. The van der Waals surface area contributed by atoms with Crippen molar-refractivity contribution >= 4 is 16.1 Å². The zero-order chi connectivity index (χ0) is 25.8. The molecule has 0 radical (unpaired) electrons. The Morgan fingerprint density at radius 1 is 0.457 bits per heavy atom. The lowest BCUT2D eigenvalue weighted by Gasteiger charge is -2.29. The SMILES string of the molecule is CCCC[Si](/C=C/C1=C(/C=C/[Si](CCCC)(CCCC)CCCC)CCC1)(CCCC)CCCC. The molecule has 1 aliphatic rings. The Morgan fingerprint density at radius 3 is 0.943 bits per heavy atom. The van der Waals surface area contributed by atoms with Crippen LogP contribution in [0.4, 0.5) is 0 Å². The van der Waals surface area contributed by atoms with Crippen LogP contribution >= 0.6 is 0 Å². The molecule has 0 saturated carbocycles. The van der Waals surface area contributed by atoms with E-state index in [4.69, 9.17) is 0 Å². The van der Waals surface area contributed by atoms with Crippen molar-refractivity contribution in [3.8, 4) is 0 Å². The van der Waals surface area contributed by atoms with Crippen molar-refractivity contribution < 1.29 is 0 Å². The zero-order valence-electron chi connectivity index (χ0n) is 25.2. The highest BCUT2D eigenvalue weighted by molar-refractivity contribution is 6.85. The first-order valence-electron chi connectivity index (χ1n) is 16.1. The molecule has 0 saturated heterocycles. The molecule has 0 bridgehead atoms. The average molecular weight is 517 g/mol. The molecule has 0 amide bonds. The van der Waals surface area contributed by atoms with Crippen molar-refractivity contribution in [2.75, 3.05) is 0 Å². The van der Waals surface area contributed by atoms with E-state index in [1.165, 1.54) is 133 Å². The highest BCUT2D eigenvalue weighted by atomic mass is 28.3. The predicted octanol–water partition coefficient (Wildman–Crippen LogP) is 12.4. The van der Waals surface area contributed by atoms with Crippen LogP contribution in [-0.2, 0) is 0 Å². The Bertz CT molecular complexity index is 517. The smallest absolute Gasteiger partial charge is 0.0778 e. The van der Waals surface area contributed by atoms with Gasteiger partial charge < -0.3 is 0 Å². The zero-order valence-corrected chi connectivity index (χ0v) is 27.2. The largest absolute Gasteiger partial charge is 0.0939 e. The summed E-state index contributed by atoms with van der Waals surface area (Å²) in [5.74, 6) is 0. The van der Waals surface area contributed by atoms with E-state index in [1.54, 1.807) is 11.1 Å². The van der Waals surface area contributed by atoms with Crippen LogP contribution in [0.2, 0.25) is 36.3 Å². The van der Waals surface area contributed by atoms with Crippen LogP contribution in [0.15, 0.2) is 34.7 Å². The standard InChI is InChI=1S/C33H64Si2/c1-7-13-24-34(25-14-8-2,26-15-9-3)30-22-32-20-19-21-33(32)23-31-35(27-16-10-4,28-17-11-5)29-18-12-6/h22-23,30-31H,7-21,24-29H2,1-6H3/b30-22+,31-23+. The molecule has 0 aromatic carbocycles. The molecule has 0 N–H and O–H groups in total. The van der Waals surface area contributed by atoms with Crippen LogP contribution in [0.25, 0.3) is 0 Å². The lowest BCUT2D eigenvalue weighted by atomic mass is 10.1. The summed E-state index contributed by atoms with van der Waals surface area (Å²) in [6.07, 6.45) is 26.2. The van der Waals surface area contributed by atoms with E-state index in [2.05, 4.69) is 65.1 Å². The average Bonchev–Trinajstić information content (AvgIpc) is 3.34. The molecule has 0 aliphatic heterocycles. The number of hydrogen-bond acceptors (Lipinski definition) is 0. The molecule has 1 rings (SSSR count). The molecule has 0 unspecified atom stereocenters. The topological polar surface area (TPSA) is 0 Å². The molecule has 0 aromatic rings. The fourth-order valence-electron chi connectivity index (χ4n) is 6.15. The second kappa shape index (κ2) is 19.7. The molecule has 0 aromatic heterocycles. The normalized spacial score (nSPS) is 15.4. The number of allylic oxidation sites excluding steroid dienone is 4. The van der Waals surface area contributed by atoms with Gasteiger partial charge in [0.2, 0.25) is 0 Å². The third-order valence-corrected chi connectivity index (χ3v) is 18.6. The molecule has 2 heteroatoms. The number of unbranched alkanes of at least 4 members (excludes halogenated alkanes) is 6. The van der Waals surface area contributed by atoms with Crippen molar-refractivity contribution in [1.29, 1.82) is 0 Å². The van der Waals surface area contributed by atoms with Gasteiger partial charge in [-0.05, 0) is 30.4 Å². The highest BCUT2D eigenvalue weighted by Gasteiger charge is 2.30. The summed E-state index contributed by atoms with van der Waals surface area (Å²) in [6.45, 7) is 14.3. The molecule has 0 fully saturated rings. The van der Waals surface area contributed by atoms with E-state index in [1.807, 2.05) is 0 Å². The quantitative estimate of drug-likeness (QED) is 0.125. The van der Waals surface area contributed by atoms with Crippen LogP contribution in [0, 0.1) is 0 Å². The summed E-state index contributed by atoms with van der Waals surface area (Å²) in [4.78, 5) is 0. The van der Waals surface area contributed by atoms with E-state index in [9.17, 15) is 0 Å². The van der Waals surface area contributed by atoms with Crippen molar-refractivity contribution in [2.45, 2.75) is 174 Å². The summed E-state index contributed by atoms with van der Waals surface area (Å²) in [5, 5.41) is 0. The third kappa shape index (κ3) is 12.6. The third-order valence-electron chi connectivity index (χ3n) is 8.75. The maximum absolute atomic E-state index is 2.86. The summed E-state index contributed by atoms with van der Waals surface area (Å²) in [7, 11) is -2.60. The van der Waals surface area contributed by atoms with Crippen LogP contribution in [0.5, 0.6) is 0 Å². The Kier molecular flexibility index (Phi) is 18.4. The molecular formula is C33H64Si2. The van der Waals surface area contributed by atoms with Gasteiger partial charge in [-0.2, -0.15) is 0 Å². The van der Waals surface area contributed by atoms with Crippen molar-refractivity contribution in [3.63, 3.8) is 0 Å². The van der Waals surface area contributed by atoms with Gasteiger partial charge in [0.25, 0.3) is 0 Å². The minimum Gasteiger partial charge on any atom is -0.0939 e. The molecular weight excluding hydrogens is 453 g/mol. The fraction of sp³-hybridized carbons (Fsp3) is 0.818. The summed E-state index contributed by atoms with van der Waals surface area (Å²) in [5.41, 5.74) is 9.15. The molecule has 204 valence electrons. The van der Waals surface area contributed by atoms with Gasteiger partial charge in [-0.3, -0.25) is 0 Å². The number of hydrogen-bond donors (Lipinski definition) is 0. The molecule has 0 heterocycles. The molecule has 0 nitrogen and oxygen atoms in total. The first-order chi connectivity index (χ1) is 17.0. The number of rotatable bonds is 22. The highest BCUT2D eigenvalue weighted by Crippen LogP contribution is 2.35. The van der Waals surface area contributed by atoms with Crippen LogP contribution in [-0.4, -0.2) is 16.1 Å². The van der Waals surface area contributed by atoms with Gasteiger partial charge in [-0.25, -0.2) is 0 Å². The van der Waals surface area contributed by atoms with Crippen LogP contribution < -0.4 is 0 Å². The molecule has 1 aliphatic carbocycles. The summed E-state index contributed by atoms with van der Waals surface area (Å²) < 4.78 is 0. The van der Waals surface area contributed by atoms with Gasteiger partial charge in [0.1, 0.15) is 0 Å². The van der Waals surface area contributed by atoms with Gasteiger partial charge >= 0.3 is 0 Å². The van der Waals surface area contributed by atoms with Gasteiger partial charge in [0.15, 0.2) is 0 Å². The van der Waals surface area contributed by atoms with Gasteiger partial charge in [-0.15, -0.1) is 0 Å². The van der Waals surface area contributed by atoms with Crippen molar-refractivity contribution in [2.24, 2.45) is 0 Å². The first-order valence-corrected chi connectivity index (χ1v) is 21.5. The summed E-state index contributed by atoms with van der Waals surface area (Å²) >= 11 is 0. The van der Waals surface area contributed by atoms with Crippen molar-refractivity contribution in [1.82, 2.24) is 0 Å². The Labute approximate surface area is 224 Å². The Morgan fingerprint density at radius 2 is 0.714 bits per heavy atom. The van der Waals surface area contributed by atoms with E-state index in [0.29, 0.717) is 0 Å². The van der Waals surface area contributed by atoms with Crippen LogP contribution in [0.3, 0.4) is 0 Å². The monoisotopic (exact) mass is 516 g/mol. The van der Waals surface area contributed by atoms with Gasteiger partial charge in [0.05, 0.1) is 16.1 Å². The lowest BCUT2D eigenvalue weighted by molar-refractivity contribution is 0.799. The first kappa shape index (κ1) is 32.7. The second-order valence-electron chi connectivity index (χ2n) is 11.9. The molecule has 35 heavy (non-hydrogen) atoms. The fourth-order valence-corrected chi connectivity index (χ4v) is 16.1. The van der Waals surface area contributed by atoms with Gasteiger partial charge in [-0.1, -0.05) is 178 Å². The second-order valence-corrected chi connectivity index (χ2v) is 21.0. The van der Waals surface area contributed by atoms with Gasteiger partial charge in [0, 0.05) is 0 Å². The molecule has 0 atom stereocenters. The lowest BCUT2D eigenvalue weighted by Crippen LogP contribution is -2.32. The van der Waals surface area contributed by atoms with Crippen molar-refractivity contribution in [3.05, 3.63) is 34.7 Å². The van der Waals surface area contributed by atoms with E-state index in [0.717, 1.165) is 0 Å². The van der Waals surface area contributed by atoms with E-state index >= 15 is 0 Å². The van der Waals surface area contributed by atoms with E-state index in [-0.39, 0.29) is 0 Å². The Hall–Kier alpha value is -0.346. The Balaban J connectivity index is 3.22. The van der Waals surface area contributed by atoms with Crippen LogP contribution in [0.1, 0.15) is 138 Å². The minimum atomic E-state index is -1.30. The maximum Gasteiger partial charge on any atom is 0.0778 e.